The van der Waals surface area contributed by atoms with Gasteiger partial charge < -0.3 is 5.73 Å². The van der Waals surface area contributed by atoms with Gasteiger partial charge in [0.2, 0.25) is 0 Å². The summed E-state index contributed by atoms with van der Waals surface area (Å²) < 4.78 is 12.9. The molecule has 0 heterocycles. The molecular weight excluding hydrogens is 181 g/mol. The van der Waals surface area contributed by atoms with Gasteiger partial charge >= 0.3 is 0 Å². The second-order valence-corrected chi connectivity index (χ2v) is 3.20. The molecule has 0 radical (unpaired) electrons. The van der Waals surface area contributed by atoms with Crippen LogP contribution in [0.4, 0.5) is 10.1 Å². The minimum atomic E-state index is -0.469. The van der Waals surface area contributed by atoms with E-state index in [0.29, 0.717) is 10.5 Å². The topological polar surface area (TPSA) is 26.0 Å². The Morgan fingerprint density at radius 1 is 1.45 bits per heavy atom. The molecule has 0 aliphatic heterocycles. The van der Waals surface area contributed by atoms with Crippen molar-refractivity contribution in [1.82, 2.24) is 0 Å². The second kappa shape index (κ2) is 2.95. The number of nitrogens with two attached hydrogens (primary N) is 1. The predicted octanol–water partition coefficient (Wildman–Crippen LogP) is 2.29. The molecule has 1 aromatic rings. The van der Waals surface area contributed by atoms with Crippen molar-refractivity contribution in [3.8, 4) is 0 Å². The summed E-state index contributed by atoms with van der Waals surface area (Å²) in [5.74, 6) is -0.469. The van der Waals surface area contributed by atoms with E-state index in [9.17, 15) is 4.39 Å². The third-order valence-corrected chi connectivity index (χ3v) is 2.49. The largest absolute Gasteiger partial charge is 0.396 e. The standard InChI is InChI=1S/C7H8FNS2/c1-3-5(10)2-4(9)6(8)7(3)11/h2,10-11H,9H2,1H3. The third kappa shape index (κ3) is 1.46. The zero-order valence-electron chi connectivity index (χ0n) is 5.93. The maximum atomic E-state index is 12.9. The number of hydrogen-bond donors (Lipinski definition) is 3. The minimum Gasteiger partial charge on any atom is -0.396 e. The number of hydrogen-bond acceptors (Lipinski definition) is 3. The van der Waals surface area contributed by atoms with Crippen LogP contribution in [0.1, 0.15) is 5.56 Å². The zero-order valence-corrected chi connectivity index (χ0v) is 7.72. The smallest absolute Gasteiger partial charge is 0.159 e. The van der Waals surface area contributed by atoms with Crippen molar-refractivity contribution < 1.29 is 4.39 Å². The quantitative estimate of drug-likeness (QED) is 0.424. The monoisotopic (exact) mass is 189 g/mol. The maximum Gasteiger partial charge on any atom is 0.159 e. The average Bonchev–Trinajstić information content (AvgIpc) is 1.97. The van der Waals surface area contributed by atoms with E-state index in [-0.39, 0.29) is 10.6 Å². The highest BCUT2D eigenvalue weighted by Crippen LogP contribution is 2.27. The molecule has 1 rings (SSSR count). The van der Waals surface area contributed by atoms with E-state index >= 15 is 0 Å². The van der Waals surface area contributed by atoms with Gasteiger partial charge in [-0.15, -0.1) is 25.3 Å². The summed E-state index contributed by atoms with van der Waals surface area (Å²) in [6.45, 7) is 1.74. The highest BCUT2D eigenvalue weighted by molar-refractivity contribution is 7.81. The molecule has 0 aliphatic rings. The van der Waals surface area contributed by atoms with Crippen molar-refractivity contribution in [2.45, 2.75) is 16.7 Å². The first-order valence-corrected chi connectivity index (χ1v) is 3.90. The molecule has 0 aliphatic carbocycles. The fourth-order valence-electron chi connectivity index (χ4n) is 0.742. The van der Waals surface area contributed by atoms with E-state index in [0.717, 1.165) is 0 Å². The van der Waals surface area contributed by atoms with Crippen molar-refractivity contribution in [1.29, 1.82) is 0 Å². The van der Waals surface area contributed by atoms with E-state index in [1.807, 2.05) is 0 Å². The Morgan fingerprint density at radius 2 is 2.00 bits per heavy atom. The van der Waals surface area contributed by atoms with E-state index in [1.165, 1.54) is 6.07 Å². The molecule has 0 aromatic heterocycles. The Morgan fingerprint density at radius 3 is 2.55 bits per heavy atom. The molecule has 0 amide bonds. The number of benzene rings is 1. The van der Waals surface area contributed by atoms with Crippen LogP contribution < -0.4 is 5.73 Å². The van der Waals surface area contributed by atoms with Gasteiger partial charge in [0.05, 0.1) is 5.69 Å². The number of halogens is 1. The molecule has 0 bridgehead atoms. The Balaban J connectivity index is 3.46. The number of nitrogen functional groups attached to an aromatic ring is 1. The van der Waals surface area contributed by atoms with Crippen LogP contribution >= 0.6 is 25.3 Å². The molecule has 0 saturated carbocycles. The molecule has 0 saturated heterocycles. The van der Waals surface area contributed by atoms with Gasteiger partial charge in [-0.2, -0.15) is 0 Å². The second-order valence-electron chi connectivity index (χ2n) is 2.27. The van der Waals surface area contributed by atoms with E-state index < -0.39 is 5.82 Å². The summed E-state index contributed by atoms with van der Waals surface area (Å²) in [4.78, 5) is 0.934. The summed E-state index contributed by atoms with van der Waals surface area (Å²) >= 11 is 8.04. The van der Waals surface area contributed by atoms with Gasteiger partial charge in [-0.05, 0) is 18.6 Å². The minimum absolute atomic E-state index is 0.0885. The lowest BCUT2D eigenvalue weighted by Gasteiger charge is -2.05. The molecule has 1 aromatic carbocycles. The van der Waals surface area contributed by atoms with Crippen molar-refractivity contribution in [3.63, 3.8) is 0 Å². The highest BCUT2D eigenvalue weighted by Gasteiger charge is 2.08. The van der Waals surface area contributed by atoms with Crippen LogP contribution in [0, 0.1) is 12.7 Å². The van der Waals surface area contributed by atoms with Crippen molar-refractivity contribution in [3.05, 3.63) is 17.4 Å². The van der Waals surface area contributed by atoms with Gasteiger partial charge in [-0.25, -0.2) is 4.39 Å². The fraction of sp³-hybridized carbons (Fsp3) is 0.143. The predicted molar refractivity (Wildman–Crippen MR) is 50.1 cm³/mol. The first-order chi connectivity index (χ1) is 5.04. The van der Waals surface area contributed by atoms with E-state index in [1.54, 1.807) is 6.92 Å². The van der Waals surface area contributed by atoms with Crippen LogP contribution in [0.25, 0.3) is 0 Å². The van der Waals surface area contributed by atoms with Gasteiger partial charge in [0, 0.05) is 9.79 Å². The molecule has 0 unspecified atom stereocenters. The molecule has 0 spiro atoms. The maximum absolute atomic E-state index is 12.9. The molecule has 1 nitrogen and oxygen atoms in total. The average molecular weight is 189 g/mol. The molecule has 4 heteroatoms. The molecule has 11 heavy (non-hydrogen) atoms. The van der Waals surface area contributed by atoms with Gasteiger partial charge in [-0.1, -0.05) is 0 Å². The lowest BCUT2D eigenvalue weighted by atomic mass is 10.2. The SMILES string of the molecule is Cc1c(S)cc(N)c(F)c1S. The number of rotatable bonds is 0. The van der Waals surface area contributed by atoms with Crippen LogP contribution in [-0.4, -0.2) is 0 Å². The molecule has 0 atom stereocenters. The van der Waals surface area contributed by atoms with Gasteiger partial charge in [0.1, 0.15) is 0 Å². The lowest BCUT2D eigenvalue weighted by molar-refractivity contribution is 0.603. The van der Waals surface area contributed by atoms with Crippen LogP contribution in [0.15, 0.2) is 15.9 Å². The molecule has 60 valence electrons. The highest BCUT2D eigenvalue weighted by atomic mass is 32.1. The van der Waals surface area contributed by atoms with Crippen LogP contribution in [0.3, 0.4) is 0 Å². The first-order valence-electron chi connectivity index (χ1n) is 3.00. The molecular formula is C7H8FNS2. The summed E-state index contributed by atoms with van der Waals surface area (Å²) in [6.07, 6.45) is 0. The summed E-state index contributed by atoms with van der Waals surface area (Å²) in [5.41, 5.74) is 6.12. The Labute approximate surface area is 75.6 Å². The normalized spacial score (nSPS) is 10.2. The number of anilines is 1. The Bertz CT molecular complexity index is 273. The van der Waals surface area contributed by atoms with Crippen molar-refractivity contribution >= 4 is 30.9 Å². The fourth-order valence-corrected chi connectivity index (χ4v) is 1.33. The van der Waals surface area contributed by atoms with Gasteiger partial charge in [0.15, 0.2) is 5.82 Å². The van der Waals surface area contributed by atoms with Gasteiger partial charge in [0.25, 0.3) is 0 Å². The summed E-state index contributed by atoms with van der Waals surface area (Å²) in [6, 6.07) is 1.48. The first kappa shape index (κ1) is 8.74. The Hall–Kier alpha value is -0.350. The zero-order chi connectivity index (χ0) is 8.59. The van der Waals surface area contributed by atoms with Crippen molar-refractivity contribution in [2.75, 3.05) is 5.73 Å². The van der Waals surface area contributed by atoms with Crippen LogP contribution in [0.2, 0.25) is 0 Å². The Kier molecular flexibility index (Phi) is 2.34. The van der Waals surface area contributed by atoms with Crippen molar-refractivity contribution in [2.24, 2.45) is 0 Å². The van der Waals surface area contributed by atoms with Crippen LogP contribution in [0.5, 0.6) is 0 Å². The molecule has 0 fully saturated rings. The molecule has 2 N–H and O–H groups in total. The lowest BCUT2D eigenvalue weighted by Crippen LogP contribution is -1.94. The van der Waals surface area contributed by atoms with Crippen LogP contribution in [-0.2, 0) is 0 Å². The number of thiol groups is 2. The third-order valence-electron chi connectivity index (χ3n) is 1.49. The van der Waals surface area contributed by atoms with E-state index in [2.05, 4.69) is 25.3 Å². The van der Waals surface area contributed by atoms with Gasteiger partial charge in [-0.3, -0.25) is 0 Å². The van der Waals surface area contributed by atoms with E-state index in [4.69, 9.17) is 5.73 Å². The summed E-state index contributed by atoms with van der Waals surface area (Å²) in [7, 11) is 0. The summed E-state index contributed by atoms with van der Waals surface area (Å²) in [5, 5.41) is 0.